The predicted molar refractivity (Wildman–Crippen MR) is 149 cm³/mol. The van der Waals surface area contributed by atoms with Crippen LogP contribution in [0.4, 0.5) is 13.2 Å². The molecule has 0 saturated carbocycles. The lowest BCUT2D eigenvalue weighted by atomic mass is 9.98. The number of ether oxygens (including phenoxy) is 1. The van der Waals surface area contributed by atoms with E-state index in [-0.39, 0.29) is 24.9 Å². The fraction of sp³-hybridized carbons (Fsp3) is 0.567. The van der Waals surface area contributed by atoms with Crippen molar-refractivity contribution in [3.05, 3.63) is 59.2 Å². The zero-order chi connectivity index (χ0) is 29.0. The van der Waals surface area contributed by atoms with Gasteiger partial charge in [0, 0.05) is 37.5 Å². The van der Waals surface area contributed by atoms with Crippen LogP contribution in [0.3, 0.4) is 0 Å². The number of benzene rings is 2. The van der Waals surface area contributed by atoms with Crippen molar-refractivity contribution in [2.75, 3.05) is 26.2 Å². The summed E-state index contributed by atoms with van der Waals surface area (Å²) in [7, 11) is -4.19. The topological polar surface area (TPSA) is 79.0 Å². The van der Waals surface area contributed by atoms with Crippen LogP contribution in [0.15, 0.2) is 47.4 Å². The van der Waals surface area contributed by atoms with Crippen molar-refractivity contribution in [2.24, 2.45) is 0 Å². The molecule has 2 saturated heterocycles. The van der Waals surface area contributed by atoms with Gasteiger partial charge in [-0.3, -0.25) is 9.69 Å². The summed E-state index contributed by atoms with van der Waals surface area (Å²) in [4.78, 5) is 15.2. The van der Waals surface area contributed by atoms with Crippen LogP contribution in [0.2, 0.25) is 0 Å². The molecule has 2 aromatic rings. The van der Waals surface area contributed by atoms with Crippen molar-refractivity contribution in [1.29, 1.82) is 0 Å². The molecule has 3 aliphatic rings. The van der Waals surface area contributed by atoms with Crippen molar-refractivity contribution < 1.29 is 31.1 Å². The third kappa shape index (κ3) is 7.24. The number of alkyl halides is 3. The summed E-state index contributed by atoms with van der Waals surface area (Å²) in [5.74, 6) is 0.476. The minimum atomic E-state index is -4.65. The Labute approximate surface area is 240 Å². The highest BCUT2D eigenvalue weighted by Gasteiger charge is 2.38. The third-order valence-corrected chi connectivity index (χ3v) is 10.3. The molecule has 224 valence electrons. The van der Waals surface area contributed by atoms with Gasteiger partial charge in [0.2, 0.25) is 15.9 Å². The first-order chi connectivity index (χ1) is 19.6. The van der Waals surface area contributed by atoms with Gasteiger partial charge in [-0.1, -0.05) is 37.5 Å². The van der Waals surface area contributed by atoms with E-state index in [1.165, 1.54) is 48.0 Å². The van der Waals surface area contributed by atoms with Gasteiger partial charge in [-0.15, -0.1) is 0 Å². The molecule has 2 fully saturated rings. The quantitative estimate of drug-likeness (QED) is 0.449. The Kier molecular flexibility index (Phi) is 9.25. The van der Waals surface area contributed by atoms with Crippen molar-refractivity contribution in [3.8, 4) is 5.75 Å². The Morgan fingerprint density at radius 1 is 0.951 bits per heavy atom. The number of sulfonamides is 1. The molecule has 5 rings (SSSR count). The highest BCUT2D eigenvalue weighted by atomic mass is 32.2. The summed E-state index contributed by atoms with van der Waals surface area (Å²) in [6, 6.07) is 9.06. The molecule has 11 heteroatoms. The second kappa shape index (κ2) is 12.7. The van der Waals surface area contributed by atoms with Crippen LogP contribution in [0, 0.1) is 0 Å². The smallest absolute Gasteiger partial charge is 0.416 e. The number of likely N-dealkylation sites (tertiary alicyclic amines) is 1. The normalized spacial score (nSPS) is 22.8. The second-order valence-electron chi connectivity index (χ2n) is 11.3. The molecule has 41 heavy (non-hydrogen) atoms. The largest absolute Gasteiger partial charge is 0.493 e. The molecule has 0 spiro atoms. The molecule has 3 aliphatic heterocycles. The number of hydrogen-bond donors (Lipinski definition) is 1. The van der Waals surface area contributed by atoms with Gasteiger partial charge in [0.1, 0.15) is 5.75 Å². The first kappa shape index (κ1) is 29.8. The van der Waals surface area contributed by atoms with Crippen molar-refractivity contribution >= 4 is 15.9 Å². The van der Waals surface area contributed by atoms with Crippen LogP contribution in [0.5, 0.6) is 5.75 Å². The van der Waals surface area contributed by atoms with Gasteiger partial charge < -0.3 is 10.1 Å². The lowest BCUT2D eigenvalue weighted by Crippen LogP contribution is -2.40. The van der Waals surface area contributed by atoms with Gasteiger partial charge in [0.15, 0.2) is 0 Å². The number of amides is 1. The molecule has 0 aromatic heterocycles. The van der Waals surface area contributed by atoms with Gasteiger partial charge >= 0.3 is 6.18 Å². The van der Waals surface area contributed by atoms with E-state index in [0.29, 0.717) is 31.9 Å². The van der Waals surface area contributed by atoms with Crippen LogP contribution >= 0.6 is 0 Å². The predicted octanol–water partition coefficient (Wildman–Crippen LogP) is 5.65. The highest BCUT2D eigenvalue weighted by molar-refractivity contribution is 7.89. The van der Waals surface area contributed by atoms with Crippen LogP contribution in [-0.2, 0) is 27.5 Å². The molecule has 7 nitrogen and oxygen atoms in total. The van der Waals surface area contributed by atoms with Crippen LogP contribution < -0.4 is 10.1 Å². The van der Waals surface area contributed by atoms with Gasteiger partial charge in [0.25, 0.3) is 0 Å². The van der Waals surface area contributed by atoms with E-state index >= 15 is 0 Å². The standard InChI is InChI=1S/C30H38F3N3O4S/c31-30(32,33)23-8-6-10-25(19-23)41(38,39)36-16-7-9-24(36)20-29(37)34-27-13-17-40-28-18-22(11-12-26(27)28)21-35-14-4-2-1-3-5-15-35/h6,8,10-12,18-19,24,27H,1-5,7,9,13-17,20-21H2,(H,34,37)/t24-,27+/m0/s1. The maximum atomic E-state index is 13.3. The molecule has 1 amide bonds. The zero-order valence-corrected chi connectivity index (χ0v) is 24.0. The summed E-state index contributed by atoms with van der Waals surface area (Å²) >= 11 is 0. The van der Waals surface area contributed by atoms with Gasteiger partial charge in [-0.05, 0) is 68.6 Å². The van der Waals surface area contributed by atoms with Crippen molar-refractivity contribution in [1.82, 2.24) is 14.5 Å². The summed E-state index contributed by atoms with van der Waals surface area (Å²) in [5, 5.41) is 3.06. The number of carbonyl (C=O) groups is 1. The molecular formula is C30H38F3N3O4S. The Morgan fingerprint density at radius 3 is 2.46 bits per heavy atom. The first-order valence-electron chi connectivity index (χ1n) is 14.6. The molecule has 2 atom stereocenters. The fourth-order valence-electron chi connectivity index (χ4n) is 6.18. The van der Waals surface area contributed by atoms with E-state index in [2.05, 4.69) is 22.3 Å². The summed E-state index contributed by atoms with van der Waals surface area (Å²) < 4.78 is 73.3. The molecule has 1 N–H and O–H groups in total. The second-order valence-corrected chi connectivity index (χ2v) is 13.2. The van der Waals surface area contributed by atoms with E-state index in [0.717, 1.165) is 43.1 Å². The summed E-state index contributed by atoms with van der Waals surface area (Å²) in [6.45, 7) is 3.68. The Bertz CT molecular complexity index is 1330. The molecular weight excluding hydrogens is 555 g/mol. The van der Waals surface area contributed by atoms with Crippen molar-refractivity contribution in [3.63, 3.8) is 0 Å². The monoisotopic (exact) mass is 593 g/mol. The summed E-state index contributed by atoms with van der Waals surface area (Å²) in [6.07, 6.45) is 3.21. The lowest BCUT2D eigenvalue weighted by Gasteiger charge is -2.29. The molecule has 0 bridgehead atoms. The molecule has 0 unspecified atom stereocenters. The average Bonchev–Trinajstić information content (AvgIpc) is 3.38. The molecule has 2 aromatic carbocycles. The third-order valence-electron chi connectivity index (χ3n) is 8.32. The number of rotatable bonds is 7. The first-order valence-corrected chi connectivity index (χ1v) is 16.0. The fourth-order valence-corrected chi connectivity index (χ4v) is 7.92. The van der Waals surface area contributed by atoms with E-state index in [1.54, 1.807) is 0 Å². The van der Waals surface area contributed by atoms with E-state index in [9.17, 15) is 26.4 Å². The lowest BCUT2D eigenvalue weighted by molar-refractivity contribution is -0.137. The van der Waals surface area contributed by atoms with Crippen molar-refractivity contribution in [2.45, 2.75) is 87.5 Å². The molecule has 0 radical (unpaired) electrons. The number of carbonyl (C=O) groups excluding carboxylic acids is 1. The minimum Gasteiger partial charge on any atom is -0.493 e. The summed E-state index contributed by atoms with van der Waals surface area (Å²) in [5.41, 5.74) is 1.06. The minimum absolute atomic E-state index is 0.0576. The van der Waals surface area contributed by atoms with Crippen LogP contribution in [0.1, 0.15) is 80.5 Å². The molecule has 0 aliphatic carbocycles. The Balaban J connectivity index is 1.23. The number of hydrogen-bond acceptors (Lipinski definition) is 5. The Hall–Kier alpha value is -2.63. The van der Waals surface area contributed by atoms with Gasteiger partial charge in [-0.2, -0.15) is 17.5 Å². The number of halogens is 3. The Morgan fingerprint density at radius 2 is 1.71 bits per heavy atom. The average molecular weight is 594 g/mol. The van der Waals surface area contributed by atoms with E-state index in [1.807, 2.05) is 6.07 Å². The zero-order valence-electron chi connectivity index (χ0n) is 23.2. The highest BCUT2D eigenvalue weighted by Crippen LogP contribution is 2.35. The van der Waals surface area contributed by atoms with Crippen LogP contribution in [-0.4, -0.2) is 55.8 Å². The molecule has 3 heterocycles. The number of nitrogens with zero attached hydrogens (tertiary/aromatic N) is 2. The van der Waals surface area contributed by atoms with Crippen LogP contribution in [0.25, 0.3) is 0 Å². The van der Waals surface area contributed by atoms with E-state index in [4.69, 9.17) is 4.74 Å². The SMILES string of the molecule is O=C(C[C@@H]1CCCN1S(=O)(=O)c1cccc(C(F)(F)F)c1)N[C@@H]1CCOc2cc(CN3CCCCCCC3)ccc21. The van der Waals surface area contributed by atoms with Gasteiger partial charge in [0.05, 0.1) is 23.1 Å². The number of nitrogens with one attached hydrogen (secondary N) is 1. The number of fused-ring (bicyclic) bond motifs is 1. The maximum absolute atomic E-state index is 13.3. The van der Waals surface area contributed by atoms with Gasteiger partial charge in [-0.25, -0.2) is 8.42 Å². The van der Waals surface area contributed by atoms with E-state index < -0.39 is 32.7 Å². The maximum Gasteiger partial charge on any atom is 0.416 e.